The van der Waals surface area contributed by atoms with Crippen molar-refractivity contribution in [3.63, 3.8) is 0 Å². The standard InChI is InChI=1S/C86H136N28O21S2/c1-44(2)36-56-72(125)104-58(38-48-22-26-50(117)27-23-48)73(126)105-57(37-47-14-6-7-15-47)75(128)109-61(41-115)76(129)106-59(39-49-24-28-51(118)29-25-49)74(127)108-60(40-66(119)120)81(134)113-34-13-21-65(113)79(132)112-67(45(3)4)80(133)110-62(77(130)103-54(18-10-32-98-85(92)93)70(123)101-52(68(87)121)16-8-30-96-83(88)89)42-136-137-43-63(82(135)114-35-12-20-64(114)78(131)107-56)111-71(124)55(19-11-33-99-86(94)95)102-69(122)53(100-46(5)116)17-9-31-97-84(90)91/h22-29,44-45,47,52-65,67,115,117-118H,6-21,30-43H2,1-5H3,(H2,87,121)(H,100,116)(H,101,123)(H,102,122)(H,103,130)(H,104,125)(H,105,126)(H,106,129)(H,107,131)(H,108,127)(H,109,128)(H,110,133)(H,111,124)(H,112,132)(H,119,120)(H4,88,89,96)(H4,90,91,97)(H4,92,93,98)(H4,94,95,99)/t52-,53-,54-,55-,56-,57-,58-,59-,60-,61-,62-,63-,64-,65-,67-/m0/s1. The zero-order chi connectivity index (χ0) is 101. The summed E-state index contributed by atoms with van der Waals surface area (Å²) in [6.45, 7) is 6.14. The Kier molecular flexibility index (Phi) is 46.8. The Labute approximate surface area is 800 Å². The van der Waals surface area contributed by atoms with Crippen LogP contribution in [0, 0.1) is 39.4 Å². The van der Waals surface area contributed by atoms with Crippen molar-refractivity contribution in [2.24, 2.45) is 46.4 Å². The second-order valence-electron chi connectivity index (χ2n) is 35.0. The van der Waals surface area contributed by atoms with Crippen LogP contribution in [-0.4, -0.2) is 303 Å². The van der Waals surface area contributed by atoms with E-state index in [0.29, 0.717) is 18.4 Å². The number of rotatable bonds is 38. The van der Waals surface area contributed by atoms with Crippen LogP contribution in [0.25, 0.3) is 0 Å². The van der Waals surface area contributed by atoms with Crippen molar-refractivity contribution < 1.29 is 102 Å². The van der Waals surface area contributed by atoms with Crippen LogP contribution in [0.15, 0.2) is 48.5 Å². The molecule has 0 aromatic heterocycles. The number of fused-ring (bicyclic) bond motifs is 2. The maximum atomic E-state index is 15.8. The fourth-order valence-electron chi connectivity index (χ4n) is 16.1. The van der Waals surface area contributed by atoms with Crippen molar-refractivity contribution in [2.45, 2.75) is 260 Å². The van der Waals surface area contributed by atoms with Gasteiger partial charge in [-0.1, -0.05) is 99.2 Å². The molecule has 15 atom stereocenters. The first-order chi connectivity index (χ1) is 64.9. The van der Waals surface area contributed by atoms with Gasteiger partial charge in [0.2, 0.25) is 94.5 Å². The lowest BCUT2D eigenvalue weighted by Gasteiger charge is -2.31. The van der Waals surface area contributed by atoms with E-state index in [0.717, 1.165) is 51.2 Å². The van der Waals surface area contributed by atoms with Gasteiger partial charge >= 0.3 is 5.97 Å². The molecule has 3 aliphatic heterocycles. The normalized spacial score (nSPS) is 22.7. The SMILES string of the molecule is CC(=O)N[C@@H](CCCNC(=N)N)C(=O)N[C@@H](CCCNC(=N)N)C(=O)N[C@H]1CSSC[C@@H](C(=O)N[C@@H](CCCNC(=N)N)C(=O)N[C@@H](CCCNC(=N)N)C(N)=O)NC(=O)[C@H](C(C)C)NC(=O)[C@@H]2CCCN2C(=O)[C@H](CC(=O)O)NC(=O)[C@H](Cc2ccc(O)cc2)NC(=O)[C@H](CO)NC(=O)[C@H](CC2CCCC2)NC(=O)[C@H](Cc2ccc(O)cc2)NC(=O)[C@H](CC(C)C)NC(=O)[C@@H]2CCCN2C1=O. The van der Waals surface area contributed by atoms with Crippen molar-refractivity contribution in [3.8, 4) is 11.5 Å². The number of phenols is 2. The number of nitrogens with zero attached hydrogens (tertiary/aromatic N) is 2. The summed E-state index contributed by atoms with van der Waals surface area (Å²) in [7, 11) is 1.60. The second-order valence-corrected chi connectivity index (χ2v) is 37.5. The molecule has 758 valence electrons. The maximum absolute atomic E-state index is 15.8. The first-order valence-corrected chi connectivity index (χ1v) is 48.2. The Morgan fingerprint density at radius 1 is 0.460 bits per heavy atom. The van der Waals surface area contributed by atoms with Gasteiger partial charge in [0, 0.05) is 70.5 Å². The number of hydrogen-bond acceptors (Lipinski definition) is 26. The number of phenolic OH excluding ortho intramolecular Hbond substituents is 2. The van der Waals surface area contributed by atoms with E-state index in [2.05, 4.69) is 90.4 Å². The van der Waals surface area contributed by atoms with E-state index in [-0.39, 0.29) is 165 Å². The number of primary amides is 1. The number of aliphatic hydroxyl groups excluding tert-OH is 1. The summed E-state index contributed by atoms with van der Waals surface area (Å²) in [4.78, 5) is 252. The molecule has 3 heterocycles. The molecule has 0 bridgehead atoms. The number of amides is 16. The van der Waals surface area contributed by atoms with Crippen LogP contribution >= 0.6 is 21.6 Å². The first-order valence-electron chi connectivity index (χ1n) is 45.7. The van der Waals surface area contributed by atoms with Gasteiger partial charge in [-0.05, 0) is 143 Å². The Morgan fingerprint density at radius 2 is 0.861 bits per heavy atom. The number of carboxylic acids is 1. The number of nitrogens with two attached hydrogens (primary N) is 5. The van der Waals surface area contributed by atoms with Gasteiger partial charge in [-0.2, -0.15) is 0 Å². The lowest BCUT2D eigenvalue weighted by Crippen LogP contribution is -2.62. The van der Waals surface area contributed by atoms with Crippen molar-refractivity contribution >= 4 is 146 Å². The number of carboxylic acid groups (broad SMARTS) is 1. The number of benzene rings is 2. The molecular formula is C86H136N28O21S2. The largest absolute Gasteiger partial charge is 0.508 e. The van der Waals surface area contributed by atoms with Crippen molar-refractivity contribution in [1.29, 1.82) is 21.6 Å². The highest BCUT2D eigenvalue weighted by molar-refractivity contribution is 8.76. The van der Waals surface area contributed by atoms with E-state index in [1.165, 1.54) is 62.4 Å². The van der Waals surface area contributed by atoms with Crippen LogP contribution in [0.5, 0.6) is 11.5 Å². The van der Waals surface area contributed by atoms with Crippen molar-refractivity contribution in [3.05, 3.63) is 59.7 Å². The van der Waals surface area contributed by atoms with Crippen LogP contribution in [0.1, 0.15) is 168 Å². The summed E-state index contributed by atoms with van der Waals surface area (Å²) < 4.78 is 0. The fraction of sp³-hybridized carbons (Fsp3) is 0.616. The summed E-state index contributed by atoms with van der Waals surface area (Å²) in [5.74, 6) is -22.2. The number of aromatic hydroxyl groups is 2. The first kappa shape index (κ1) is 113. The van der Waals surface area contributed by atoms with E-state index in [1.807, 2.05) is 0 Å². The van der Waals surface area contributed by atoms with Gasteiger partial charge in [-0.3, -0.25) is 103 Å². The smallest absolute Gasteiger partial charge is 0.305 e. The van der Waals surface area contributed by atoms with Crippen molar-refractivity contribution in [2.75, 3.05) is 57.4 Å². The topological polar surface area (TPSA) is 808 Å². The molecule has 0 unspecified atom stereocenters. The van der Waals surface area contributed by atoms with Gasteiger partial charge in [-0.25, -0.2) is 0 Å². The molecule has 49 nitrogen and oxygen atoms in total. The van der Waals surface area contributed by atoms with Crippen LogP contribution in [-0.2, 0) is 94.3 Å². The molecule has 6 rings (SSSR count). The molecule has 1 aliphatic carbocycles. The molecule has 16 amide bonds. The minimum atomic E-state index is -2.02. The van der Waals surface area contributed by atoms with Gasteiger partial charge in [0.25, 0.3) is 0 Å². The van der Waals surface area contributed by atoms with Crippen LogP contribution in [0.2, 0.25) is 0 Å². The zero-order valence-corrected chi connectivity index (χ0v) is 79.2. The van der Waals surface area contributed by atoms with E-state index in [1.54, 1.807) is 13.8 Å². The van der Waals surface area contributed by atoms with Gasteiger partial charge in [0.1, 0.15) is 102 Å². The molecule has 3 saturated heterocycles. The summed E-state index contributed by atoms with van der Waals surface area (Å²) in [5, 5.41) is 117. The average Bonchev–Trinajstić information content (AvgIpc) is 1.70. The third-order valence-corrected chi connectivity index (χ3v) is 25.6. The highest BCUT2D eigenvalue weighted by atomic mass is 33.1. The van der Waals surface area contributed by atoms with Gasteiger partial charge in [-0.15, -0.1) is 0 Å². The zero-order valence-electron chi connectivity index (χ0n) is 77.6. The highest BCUT2D eigenvalue weighted by Gasteiger charge is 2.45. The summed E-state index contributed by atoms with van der Waals surface area (Å²) in [6, 6.07) is -13.5. The monoisotopic (exact) mass is 1960 g/mol. The molecule has 2 aromatic carbocycles. The summed E-state index contributed by atoms with van der Waals surface area (Å²) >= 11 is 0. The number of aliphatic carboxylic acids is 1. The second kappa shape index (κ2) is 57.0. The molecule has 0 radical (unpaired) electrons. The highest BCUT2D eigenvalue weighted by Crippen LogP contribution is 2.31. The Morgan fingerprint density at radius 3 is 1.31 bits per heavy atom. The third-order valence-electron chi connectivity index (χ3n) is 23.1. The molecule has 4 aliphatic rings. The van der Waals surface area contributed by atoms with Crippen molar-refractivity contribution in [1.82, 2.24) is 100 Å². The Bertz CT molecular complexity index is 4550. The van der Waals surface area contributed by atoms with Crippen LogP contribution < -0.4 is 119 Å². The van der Waals surface area contributed by atoms with Crippen LogP contribution in [0.3, 0.4) is 0 Å². The molecule has 0 spiro atoms. The fourth-order valence-corrected chi connectivity index (χ4v) is 18.4. The van der Waals surface area contributed by atoms with E-state index in [4.69, 9.17) is 50.3 Å². The molecule has 35 N–H and O–H groups in total. The van der Waals surface area contributed by atoms with Gasteiger partial charge in [0.15, 0.2) is 23.8 Å². The molecule has 1 saturated carbocycles. The average molecular weight is 1960 g/mol. The molecule has 2 aromatic rings. The van der Waals surface area contributed by atoms with E-state index < -0.39 is 252 Å². The third kappa shape index (κ3) is 38.8. The molecule has 137 heavy (non-hydrogen) atoms. The lowest BCUT2D eigenvalue weighted by molar-refractivity contribution is -0.146. The number of guanidine groups is 4. The number of carbonyl (C=O) groups is 17. The summed E-state index contributed by atoms with van der Waals surface area (Å²) in [5.41, 5.74) is 28.6. The number of carbonyl (C=O) groups excluding carboxylic acids is 16. The predicted octanol–water partition coefficient (Wildman–Crippen LogP) is -6.13. The number of hydrogen-bond donors (Lipinski definition) is 30. The van der Waals surface area contributed by atoms with E-state index >= 15 is 38.4 Å². The number of nitrogens with one attached hydrogen (secondary N) is 21. The molecule has 51 heteroatoms. The molecule has 4 fully saturated rings. The minimum absolute atomic E-state index is 0.00323. The number of aliphatic hydroxyl groups is 1. The van der Waals surface area contributed by atoms with Crippen LogP contribution in [0.4, 0.5) is 0 Å². The summed E-state index contributed by atoms with van der Waals surface area (Å²) in [6.07, 6.45) is 0.298. The molecular weight excluding hydrogens is 1830 g/mol. The predicted molar refractivity (Wildman–Crippen MR) is 505 cm³/mol. The Balaban J connectivity index is 1.54. The van der Waals surface area contributed by atoms with Gasteiger partial charge in [0.05, 0.1) is 13.0 Å². The maximum Gasteiger partial charge on any atom is 0.305 e. The van der Waals surface area contributed by atoms with E-state index in [9.17, 15) is 63.6 Å². The quantitative estimate of drug-likeness (QED) is 0.0129. The lowest BCUT2D eigenvalue weighted by atomic mass is 9.96. The minimum Gasteiger partial charge on any atom is -0.508 e. The van der Waals surface area contributed by atoms with Gasteiger partial charge < -0.3 is 149 Å². The Hall–Kier alpha value is -13.2.